The Kier molecular flexibility index (Phi) is 5.38. The number of hydrogen-bond donors (Lipinski definition) is 1. The maximum Gasteiger partial charge on any atom is 0.131 e. The number of anilines is 1. The van der Waals surface area contributed by atoms with Crippen LogP contribution in [0, 0.1) is 6.92 Å². The van der Waals surface area contributed by atoms with Gasteiger partial charge in [-0.25, -0.2) is 4.98 Å². The van der Waals surface area contributed by atoms with Crippen LogP contribution in [0.1, 0.15) is 30.9 Å². The molecule has 4 nitrogen and oxygen atoms in total. The van der Waals surface area contributed by atoms with Gasteiger partial charge in [-0.3, -0.25) is 0 Å². The highest BCUT2D eigenvalue weighted by molar-refractivity contribution is 5.48. The molecule has 1 aliphatic rings. The minimum absolute atomic E-state index is 0.655. The van der Waals surface area contributed by atoms with E-state index in [1.54, 1.807) is 0 Å². The van der Waals surface area contributed by atoms with Crippen LogP contribution >= 0.6 is 0 Å². The van der Waals surface area contributed by atoms with Gasteiger partial charge in [0.2, 0.25) is 0 Å². The molecule has 2 heterocycles. The molecule has 0 radical (unpaired) electrons. The van der Waals surface area contributed by atoms with Gasteiger partial charge in [0.25, 0.3) is 0 Å². The summed E-state index contributed by atoms with van der Waals surface area (Å²) < 4.78 is 0. The van der Waals surface area contributed by atoms with E-state index in [4.69, 9.17) is 4.98 Å². The Morgan fingerprint density at radius 1 is 1.45 bits per heavy atom. The Morgan fingerprint density at radius 2 is 2.25 bits per heavy atom. The van der Waals surface area contributed by atoms with Gasteiger partial charge in [0.1, 0.15) is 5.82 Å². The zero-order chi connectivity index (χ0) is 14.5. The van der Waals surface area contributed by atoms with E-state index in [1.165, 1.54) is 24.0 Å². The number of pyridine rings is 1. The second kappa shape index (κ2) is 7.04. The summed E-state index contributed by atoms with van der Waals surface area (Å²) in [6, 6.07) is 2.93. The first kappa shape index (κ1) is 15.3. The molecular weight excluding hydrogens is 248 g/mol. The highest BCUT2D eigenvalue weighted by Crippen LogP contribution is 2.23. The van der Waals surface area contributed by atoms with Crippen molar-refractivity contribution in [3.63, 3.8) is 0 Å². The zero-order valence-corrected chi connectivity index (χ0v) is 13.3. The number of aryl methyl sites for hydroxylation is 1. The Balaban J connectivity index is 1.99. The summed E-state index contributed by atoms with van der Waals surface area (Å²) in [6.07, 6.45) is 4.42. The number of hydrogen-bond acceptors (Lipinski definition) is 4. The van der Waals surface area contributed by atoms with Gasteiger partial charge >= 0.3 is 0 Å². The Bertz CT molecular complexity index is 430. The Hall–Kier alpha value is -1.13. The second-order valence-electron chi connectivity index (χ2n) is 6.01. The van der Waals surface area contributed by atoms with E-state index in [0.717, 1.165) is 32.0 Å². The van der Waals surface area contributed by atoms with Crippen molar-refractivity contribution >= 4 is 5.82 Å². The van der Waals surface area contributed by atoms with Gasteiger partial charge in [0, 0.05) is 31.9 Å². The van der Waals surface area contributed by atoms with Crippen molar-refractivity contribution < 1.29 is 0 Å². The van der Waals surface area contributed by atoms with Crippen LogP contribution in [-0.2, 0) is 6.54 Å². The molecule has 1 aromatic heterocycles. The minimum Gasteiger partial charge on any atom is -0.355 e. The maximum absolute atomic E-state index is 4.70. The molecule has 1 saturated heterocycles. The highest BCUT2D eigenvalue weighted by atomic mass is 15.3. The highest BCUT2D eigenvalue weighted by Gasteiger charge is 2.25. The standard InChI is InChI=1S/C16H28N4/c1-5-7-17-10-14-9-13(2)16(18-11-14)20-8-6-15(12-20)19(3)4/h9,11,15,17H,5-8,10,12H2,1-4H3. The average molecular weight is 276 g/mol. The van der Waals surface area contributed by atoms with Crippen LogP contribution in [0.5, 0.6) is 0 Å². The molecule has 2 rings (SSSR count). The number of nitrogens with zero attached hydrogens (tertiary/aromatic N) is 3. The smallest absolute Gasteiger partial charge is 0.131 e. The van der Waals surface area contributed by atoms with Gasteiger partial charge in [-0.2, -0.15) is 0 Å². The van der Waals surface area contributed by atoms with Crippen LogP contribution < -0.4 is 10.2 Å². The summed E-state index contributed by atoms with van der Waals surface area (Å²) >= 11 is 0. The summed E-state index contributed by atoms with van der Waals surface area (Å²) in [5, 5.41) is 3.43. The molecule has 0 bridgehead atoms. The number of rotatable bonds is 6. The largest absolute Gasteiger partial charge is 0.355 e. The second-order valence-corrected chi connectivity index (χ2v) is 6.01. The molecule has 1 aromatic rings. The molecular formula is C16H28N4. The number of likely N-dealkylation sites (N-methyl/N-ethyl adjacent to an activating group) is 1. The molecule has 0 aromatic carbocycles. The molecule has 1 atom stereocenters. The predicted molar refractivity (Wildman–Crippen MR) is 85.3 cm³/mol. The summed E-state index contributed by atoms with van der Waals surface area (Å²) in [4.78, 5) is 9.44. The van der Waals surface area contributed by atoms with E-state index < -0.39 is 0 Å². The van der Waals surface area contributed by atoms with E-state index in [-0.39, 0.29) is 0 Å². The van der Waals surface area contributed by atoms with Crippen molar-refractivity contribution in [2.45, 2.75) is 39.3 Å². The molecule has 1 N–H and O–H groups in total. The molecule has 0 saturated carbocycles. The summed E-state index contributed by atoms with van der Waals surface area (Å²) in [7, 11) is 4.33. The average Bonchev–Trinajstić information content (AvgIpc) is 2.89. The Labute approximate surface area is 123 Å². The van der Waals surface area contributed by atoms with Gasteiger partial charge in [-0.05, 0) is 57.6 Å². The first-order chi connectivity index (χ1) is 9.61. The van der Waals surface area contributed by atoms with Crippen LogP contribution in [0.3, 0.4) is 0 Å². The maximum atomic E-state index is 4.70. The lowest BCUT2D eigenvalue weighted by molar-refractivity contribution is 0.315. The fraction of sp³-hybridized carbons (Fsp3) is 0.688. The predicted octanol–water partition coefficient (Wildman–Crippen LogP) is 2.03. The third kappa shape index (κ3) is 3.70. The molecule has 4 heteroatoms. The molecule has 0 spiro atoms. The van der Waals surface area contributed by atoms with E-state index in [0.29, 0.717) is 6.04 Å². The third-order valence-electron chi connectivity index (χ3n) is 4.06. The van der Waals surface area contributed by atoms with Crippen molar-refractivity contribution in [1.29, 1.82) is 0 Å². The number of nitrogens with one attached hydrogen (secondary N) is 1. The molecule has 1 unspecified atom stereocenters. The molecule has 0 aliphatic carbocycles. The summed E-state index contributed by atoms with van der Waals surface area (Å²) in [5.74, 6) is 1.16. The van der Waals surface area contributed by atoms with Crippen molar-refractivity contribution in [1.82, 2.24) is 15.2 Å². The quantitative estimate of drug-likeness (QED) is 0.806. The molecule has 0 amide bonds. The molecule has 1 fully saturated rings. The molecule has 20 heavy (non-hydrogen) atoms. The van der Waals surface area contributed by atoms with Gasteiger partial charge < -0.3 is 15.1 Å². The molecule has 112 valence electrons. The minimum atomic E-state index is 0.655. The fourth-order valence-corrected chi connectivity index (χ4v) is 2.82. The summed E-state index contributed by atoms with van der Waals surface area (Å²) in [6.45, 7) is 8.56. The van der Waals surface area contributed by atoms with Gasteiger partial charge in [0.15, 0.2) is 0 Å². The monoisotopic (exact) mass is 276 g/mol. The first-order valence-electron chi connectivity index (χ1n) is 7.69. The van der Waals surface area contributed by atoms with E-state index in [9.17, 15) is 0 Å². The Morgan fingerprint density at radius 3 is 2.85 bits per heavy atom. The first-order valence-corrected chi connectivity index (χ1v) is 7.69. The van der Waals surface area contributed by atoms with E-state index in [1.807, 2.05) is 6.20 Å². The lowest BCUT2D eigenvalue weighted by Gasteiger charge is -2.22. The van der Waals surface area contributed by atoms with Crippen LogP contribution in [0.15, 0.2) is 12.3 Å². The third-order valence-corrected chi connectivity index (χ3v) is 4.06. The lowest BCUT2D eigenvalue weighted by atomic mass is 10.2. The van der Waals surface area contributed by atoms with Crippen LogP contribution in [0.4, 0.5) is 5.82 Å². The molecule has 1 aliphatic heterocycles. The van der Waals surface area contributed by atoms with Gasteiger partial charge in [-0.1, -0.05) is 6.92 Å². The SMILES string of the molecule is CCCNCc1cnc(N2CCC(N(C)C)C2)c(C)c1. The van der Waals surface area contributed by atoms with Crippen molar-refractivity contribution in [2.24, 2.45) is 0 Å². The fourth-order valence-electron chi connectivity index (χ4n) is 2.82. The van der Waals surface area contributed by atoms with Crippen molar-refractivity contribution in [3.05, 3.63) is 23.4 Å². The van der Waals surface area contributed by atoms with Crippen molar-refractivity contribution in [2.75, 3.05) is 38.6 Å². The van der Waals surface area contributed by atoms with Crippen LogP contribution in [0.2, 0.25) is 0 Å². The van der Waals surface area contributed by atoms with Gasteiger partial charge in [-0.15, -0.1) is 0 Å². The zero-order valence-electron chi connectivity index (χ0n) is 13.3. The topological polar surface area (TPSA) is 31.4 Å². The van der Waals surface area contributed by atoms with E-state index >= 15 is 0 Å². The normalized spacial score (nSPS) is 19.1. The number of aromatic nitrogens is 1. The van der Waals surface area contributed by atoms with Gasteiger partial charge in [0.05, 0.1) is 0 Å². The van der Waals surface area contributed by atoms with E-state index in [2.05, 4.69) is 49.1 Å². The lowest BCUT2D eigenvalue weighted by Crippen LogP contribution is -2.32. The van der Waals surface area contributed by atoms with Crippen molar-refractivity contribution in [3.8, 4) is 0 Å². The van der Waals surface area contributed by atoms with Crippen LogP contribution in [0.25, 0.3) is 0 Å². The summed E-state index contributed by atoms with van der Waals surface area (Å²) in [5.41, 5.74) is 2.57. The van der Waals surface area contributed by atoms with Crippen LogP contribution in [-0.4, -0.2) is 49.7 Å².